The van der Waals surface area contributed by atoms with Gasteiger partial charge in [-0.15, -0.1) is 0 Å². The van der Waals surface area contributed by atoms with Crippen LogP contribution in [-0.2, 0) is 6.42 Å². The van der Waals surface area contributed by atoms with Crippen molar-refractivity contribution in [1.82, 2.24) is 5.32 Å². The lowest BCUT2D eigenvalue weighted by Gasteiger charge is -2.26. The number of hydrogen-bond acceptors (Lipinski definition) is 3. The van der Waals surface area contributed by atoms with Gasteiger partial charge in [-0.1, -0.05) is 19.1 Å². The summed E-state index contributed by atoms with van der Waals surface area (Å²) in [4.78, 5) is 0. The van der Waals surface area contributed by atoms with E-state index in [0.717, 1.165) is 38.2 Å². The van der Waals surface area contributed by atoms with Crippen LogP contribution in [0.3, 0.4) is 0 Å². The lowest BCUT2D eigenvalue weighted by Crippen LogP contribution is -2.25. The molecule has 0 aromatic heterocycles. The molecule has 0 radical (unpaired) electrons. The molecular formula is C15H24N2O. The molecule has 2 rings (SSSR count). The van der Waals surface area contributed by atoms with E-state index in [9.17, 15) is 0 Å². The molecule has 0 saturated heterocycles. The van der Waals surface area contributed by atoms with Gasteiger partial charge in [0.05, 0.1) is 6.61 Å². The predicted octanol–water partition coefficient (Wildman–Crippen LogP) is 2.26. The molecule has 1 aromatic carbocycles. The molecule has 3 heteroatoms. The Bertz CT molecular complexity index is 392. The Kier molecular flexibility index (Phi) is 4.61. The highest BCUT2D eigenvalue weighted by atomic mass is 16.5. The summed E-state index contributed by atoms with van der Waals surface area (Å²) in [5, 5.41) is 3.41. The quantitative estimate of drug-likeness (QED) is 0.840. The third-order valence-electron chi connectivity index (χ3n) is 3.79. The summed E-state index contributed by atoms with van der Waals surface area (Å²) in [6.45, 7) is 3.85. The Balaban J connectivity index is 2.20. The maximum absolute atomic E-state index is 5.66. The Morgan fingerprint density at radius 2 is 2.28 bits per heavy atom. The topological polar surface area (TPSA) is 47.3 Å². The molecule has 100 valence electrons. The van der Waals surface area contributed by atoms with Crippen molar-refractivity contribution in [1.29, 1.82) is 0 Å². The first-order valence-electron chi connectivity index (χ1n) is 6.89. The molecule has 3 N–H and O–H groups in total. The maximum atomic E-state index is 5.66. The Hall–Kier alpha value is -1.06. The van der Waals surface area contributed by atoms with Gasteiger partial charge in [0, 0.05) is 6.04 Å². The van der Waals surface area contributed by atoms with E-state index >= 15 is 0 Å². The fourth-order valence-electron chi connectivity index (χ4n) is 2.78. The van der Waals surface area contributed by atoms with E-state index in [0.29, 0.717) is 12.0 Å². The van der Waals surface area contributed by atoms with Crippen LogP contribution in [0.5, 0.6) is 5.75 Å². The minimum Gasteiger partial charge on any atom is -0.493 e. The van der Waals surface area contributed by atoms with Gasteiger partial charge in [-0.3, -0.25) is 0 Å². The standard InChI is InChI=1S/C15H24N2O/c1-11(7-8-16)15(17-2)13-5-6-14-12(10-13)4-3-9-18-14/h5-6,10-11,15,17H,3-4,7-9,16H2,1-2H3. The zero-order valence-corrected chi connectivity index (χ0v) is 11.4. The molecule has 0 spiro atoms. The fourth-order valence-corrected chi connectivity index (χ4v) is 2.78. The van der Waals surface area contributed by atoms with Crippen LogP contribution in [0.4, 0.5) is 0 Å². The van der Waals surface area contributed by atoms with E-state index in [1.165, 1.54) is 11.1 Å². The number of rotatable bonds is 5. The molecule has 1 aliphatic rings. The normalized spacial score (nSPS) is 17.7. The second kappa shape index (κ2) is 6.21. The number of nitrogens with one attached hydrogen (secondary N) is 1. The van der Waals surface area contributed by atoms with Crippen LogP contribution in [0.1, 0.15) is 36.9 Å². The zero-order valence-electron chi connectivity index (χ0n) is 11.4. The summed E-state index contributed by atoms with van der Waals surface area (Å²) < 4.78 is 5.66. The fraction of sp³-hybridized carbons (Fsp3) is 0.600. The van der Waals surface area contributed by atoms with Crippen molar-refractivity contribution in [3.05, 3.63) is 29.3 Å². The van der Waals surface area contributed by atoms with Crippen molar-refractivity contribution in [2.75, 3.05) is 20.2 Å². The van der Waals surface area contributed by atoms with Crippen LogP contribution in [0.15, 0.2) is 18.2 Å². The summed E-state index contributed by atoms with van der Waals surface area (Å²) in [6.07, 6.45) is 3.29. The maximum Gasteiger partial charge on any atom is 0.122 e. The second-order valence-electron chi connectivity index (χ2n) is 5.14. The van der Waals surface area contributed by atoms with E-state index in [4.69, 9.17) is 10.5 Å². The molecule has 0 aliphatic carbocycles. The van der Waals surface area contributed by atoms with Gasteiger partial charge in [-0.25, -0.2) is 0 Å². The minimum absolute atomic E-state index is 0.376. The smallest absolute Gasteiger partial charge is 0.122 e. The summed E-state index contributed by atoms with van der Waals surface area (Å²) in [7, 11) is 2.02. The molecule has 2 unspecified atom stereocenters. The third-order valence-corrected chi connectivity index (χ3v) is 3.79. The molecule has 18 heavy (non-hydrogen) atoms. The van der Waals surface area contributed by atoms with Gasteiger partial charge in [-0.05, 0) is 56.0 Å². The Labute approximate surface area is 110 Å². The van der Waals surface area contributed by atoms with Gasteiger partial charge in [0.15, 0.2) is 0 Å². The van der Waals surface area contributed by atoms with Crippen LogP contribution in [-0.4, -0.2) is 20.2 Å². The molecule has 0 fully saturated rings. The number of hydrogen-bond donors (Lipinski definition) is 2. The van der Waals surface area contributed by atoms with Crippen LogP contribution in [0.25, 0.3) is 0 Å². The highest BCUT2D eigenvalue weighted by Crippen LogP contribution is 2.30. The number of ether oxygens (including phenoxy) is 1. The number of fused-ring (bicyclic) bond motifs is 1. The Morgan fingerprint density at radius 1 is 1.44 bits per heavy atom. The predicted molar refractivity (Wildman–Crippen MR) is 74.9 cm³/mol. The van der Waals surface area contributed by atoms with Gasteiger partial charge in [0.2, 0.25) is 0 Å². The minimum atomic E-state index is 0.376. The lowest BCUT2D eigenvalue weighted by molar-refractivity contribution is 0.287. The molecule has 2 atom stereocenters. The van der Waals surface area contributed by atoms with E-state index in [2.05, 4.69) is 30.4 Å². The number of nitrogens with two attached hydrogens (primary N) is 1. The van der Waals surface area contributed by atoms with E-state index in [1.54, 1.807) is 0 Å². The second-order valence-corrected chi connectivity index (χ2v) is 5.14. The molecule has 1 heterocycles. The first-order valence-corrected chi connectivity index (χ1v) is 6.89. The molecule has 0 amide bonds. The molecule has 0 saturated carbocycles. The van der Waals surface area contributed by atoms with E-state index in [-0.39, 0.29) is 0 Å². The molecule has 0 bridgehead atoms. The molecule has 1 aromatic rings. The van der Waals surface area contributed by atoms with Gasteiger partial charge in [-0.2, -0.15) is 0 Å². The van der Waals surface area contributed by atoms with Gasteiger partial charge < -0.3 is 15.8 Å². The summed E-state index contributed by atoms with van der Waals surface area (Å²) in [5.41, 5.74) is 8.36. The zero-order chi connectivity index (χ0) is 13.0. The first-order chi connectivity index (χ1) is 8.76. The summed E-state index contributed by atoms with van der Waals surface area (Å²) in [6, 6.07) is 6.96. The highest BCUT2D eigenvalue weighted by molar-refractivity contribution is 5.39. The first kappa shape index (κ1) is 13.4. The molecular weight excluding hydrogens is 224 g/mol. The summed E-state index contributed by atoms with van der Waals surface area (Å²) in [5.74, 6) is 1.61. The molecule has 3 nitrogen and oxygen atoms in total. The van der Waals surface area contributed by atoms with Gasteiger partial charge in [0.25, 0.3) is 0 Å². The summed E-state index contributed by atoms with van der Waals surface area (Å²) >= 11 is 0. The monoisotopic (exact) mass is 248 g/mol. The van der Waals surface area contributed by atoms with Crippen molar-refractivity contribution in [3.63, 3.8) is 0 Å². The van der Waals surface area contributed by atoms with Gasteiger partial charge >= 0.3 is 0 Å². The SMILES string of the molecule is CNC(c1ccc2c(c1)CCCO2)C(C)CCN. The van der Waals surface area contributed by atoms with Crippen LogP contribution in [0.2, 0.25) is 0 Å². The average molecular weight is 248 g/mol. The largest absolute Gasteiger partial charge is 0.493 e. The van der Waals surface area contributed by atoms with E-state index in [1.807, 2.05) is 7.05 Å². The Morgan fingerprint density at radius 3 is 3.00 bits per heavy atom. The number of benzene rings is 1. The van der Waals surface area contributed by atoms with E-state index < -0.39 is 0 Å². The van der Waals surface area contributed by atoms with Crippen molar-refractivity contribution >= 4 is 0 Å². The van der Waals surface area contributed by atoms with Crippen molar-refractivity contribution in [3.8, 4) is 5.75 Å². The van der Waals surface area contributed by atoms with Crippen LogP contribution in [0, 0.1) is 5.92 Å². The van der Waals surface area contributed by atoms with Crippen molar-refractivity contribution in [2.45, 2.75) is 32.2 Å². The molecule has 1 aliphatic heterocycles. The van der Waals surface area contributed by atoms with Crippen molar-refractivity contribution in [2.24, 2.45) is 11.7 Å². The third kappa shape index (κ3) is 2.85. The average Bonchev–Trinajstić information content (AvgIpc) is 2.40. The van der Waals surface area contributed by atoms with Gasteiger partial charge in [0.1, 0.15) is 5.75 Å². The highest BCUT2D eigenvalue weighted by Gasteiger charge is 2.19. The number of aryl methyl sites for hydroxylation is 1. The van der Waals surface area contributed by atoms with Crippen molar-refractivity contribution < 1.29 is 4.74 Å². The van der Waals surface area contributed by atoms with Crippen LogP contribution < -0.4 is 15.8 Å². The van der Waals surface area contributed by atoms with Crippen LogP contribution >= 0.6 is 0 Å². The lowest BCUT2D eigenvalue weighted by atomic mass is 9.90.